The van der Waals surface area contributed by atoms with E-state index in [1.807, 2.05) is 4.89 Å². The van der Waals surface area contributed by atoms with Gasteiger partial charge in [0.05, 0.1) is 10.5 Å². The first-order valence-electron chi connectivity index (χ1n) is 5.68. The van der Waals surface area contributed by atoms with E-state index in [2.05, 4.69) is 5.32 Å². The van der Waals surface area contributed by atoms with Crippen LogP contribution in [0.1, 0.15) is 31.1 Å². The molecule has 0 aliphatic heterocycles. The normalized spacial score (nSPS) is 12.2. The molecule has 0 unspecified atom stereocenters. The van der Waals surface area contributed by atoms with Gasteiger partial charge in [-0.3, -0.25) is 9.63 Å². The van der Waals surface area contributed by atoms with Gasteiger partial charge in [-0.1, -0.05) is 4.89 Å². The van der Waals surface area contributed by atoms with Crippen molar-refractivity contribution in [3.8, 4) is 0 Å². The maximum absolute atomic E-state index is 11.9. The molecule has 19 heavy (non-hydrogen) atoms. The summed E-state index contributed by atoms with van der Waals surface area (Å²) in [7, 11) is -2.24. The van der Waals surface area contributed by atoms with Gasteiger partial charge >= 0.3 is 0 Å². The number of hydrogen-bond acceptors (Lipinski definition) is 4. The fourth-order valence-corrected chi connectivity index (χ4v) is 2.11. The molecular weight excluding hydrogens is 268 g/mol. The Morgan fingerprint density at radius 3 is 2.11 bits per heavy atom. The zero-order chi connectivity index (χ0) is 14.7. The van der Waals surface area contributed by atoms with Crippen molar-refractivity contribution in [3.63, 3.8) is 0 Å². The van der Waals surface area contributed by atoms with Gasteiger partial charge in [0.2, 0.25) is 0 Å². The van der Waals surface area contributed by atoms with Gasteiger partial charge in [0.1, 0.15) is 0 Å². The summed E-state index contributed by atoms with van der Waals surface area (Å²) in [5.41, 5.74) is -0.243. The van der Waals surface area contributed by atoms with Gasteiger partial charge in [-0.05, 0) is 45.0 Å². The minimum Gasteiger partial charge on any atom is -0.355 e. The highest BCUT2D eigenvalue weighted by molar-refractivity contribution is 7.89. The van der Waals surface area contributed by atoms with E-state index in [1.165, 1.54) is 31.3 Å². The fraction of sp³-hybridized carbons (Fsp3) is 0.417. The van der Waals surface area contributed by atoms with Gasteiger partial charge in [-0.25, -0.2) is 8.42 Å². The molecule has 1 amide bonds. The highest BCUT2D eigenvalue weighted by Crippen LogP contribution is 2.12. The number of carbonyl (C=O) groups is 1. The molecule has 1 aromatic carbocycles. The Hall–Kier alpha value is -1.44. The Kier molecular flexibility index (Phi) is 4.67. The lowest BCUT2D eigenvalue weighted by molar-refractivity contribution is -0.0357. The van der Waals surface area contributed by atoms with Crippen LogP contribution < -0.4 is 10.2 Å². The van der Waals surface area contributed by atoms with E-state index < -0.39 is 15.6 Å². The van der Waals surface area contributed by atoms with Crippen molar-refractivity contribution >= 4 is 15.9 Å². The van der Waals surface area contributed by atoms with Crippen molar-refractivity contribution in [2.45, 2.75) is 31.3 Å². The Labute approximate surface area is 113 Å². The number of hydrogen-bond donors (Lipinski definition) is 2. The molecule has 0 bridgehead atoms. The molecule has 0 radical (unpaired) electrons. The molecule has 0 heterocycles. The third kappa shape index (κ3) is 4.62. The van der Waals surface area contributed by atoms with Gasteiger partial charge in [-0.15, -0.1) is 0 Å². The van der Waals surface area contributed by atoms with E-state index in [0.717, 1.165) is 0 Å². The van der Waals surface area contributed by atoms with Crippen molar-refractivity contribution in [3.05, 3.63) is 29.8 Å². The molecule has 0 aliphatic carbocycles. The molecule has 2 N–H and O–H groups in total. The van der Waals surface area contributed by atoms with Crippen molar-refractivity contribution in [1.29, 1.82) is 0 Å². The third-order valence-electron chi connectivity index (χ3n) is 2.11. The quantitative estimate of drug-likeness (QED) is 0.810. The standard InChI is InChI=1S/C12H18N2O4S/c1-12(2,3)18-14-19(16,17)10-7-5-9(6-8-10)11(15)13-4/h5-8,14H,1-4H3,(H,13,15). The van der Waals surface area contributed by atoms with Crippen LogP contribution in [0.3, 0.4) is 0 Å². The van der Waals surface area contributed by atoms with Gasteiger partial charge < -0.3 is 5.32 Å². The zero-order valence-electron chi connectivity index (χ0n) is 11.4. The molecule has 7 heteroatoms. The van der Waals surface area contributed by atoms with Crippen molar-refractivity contribution < 1.29 is 18.0 Å². The lowest BCUT2D eigenvalue weighted by Gasteiger charge is -2.19. The Balaban J connectivity index is 2.88. The fourth-order valence-electron chi connectivity index (χ4n) is 1.16. The van der Waals surface area contributed by atoms with E-state index in [0.29, 0.717) is 5.56 Å². The monoisotopic (exact) mass is 286 g/mol. The minimum atomic E-state index is -3.75. The second-order valence-corrected chi connectivity index (χ2v) is 6.55. The Bertz CT molecular complexity index is 544. The topological polar surface area (TPSA) is 84.5 Å². The average molecular weight is 286 g/mol. The maximum Gasteiger partial charge on any atom is 0.262 e. The molecular formula is C12H18N2O4S. The van der Waals surface area contributed by atoms with Crippen molar-refractivity contribution in [2.24, 2.45) is 0 Å². The first-order chi connectivity index (χ1) is 8.65. The maximum atomic E-state index is 11.9. The molecule has 0 spiro atoms. The number of nitrogens with one attached hydrogen (secondary N) is 2. The summed E-state index contributed by atoms with van der Waals surface area (Å²) in [5.74, 6) is -0.275. The SMILES string of the molecule is CNC(=O)c1ccc(S(=O)(=O)NOC(C)(C)C)cc1. The van der Waals surface area contributed by atoms with Gasteiger partial charge in [-0.2, -0.15) is 0 Å². The summed E-state index contributed by atoms with van der Waals surface area (Å²) in [5, 5.41) is 2.46. The summed E-state index contributed by atoms with van der Waals surface area (Å²) in [4.78, 5) is 18.4. The lowest BCUT2D eigenvalue weighted by atomic mass is 10.2. The molecule has 106 valence electrons. The smallest absolute Gasteiger partial charge is 0.262 e. The van der Waals surface area contributed by atoms with Gasteiger partial charge in [0.25, 0.3) is 15.9 Å². The lowest BCUT2D eigenvalue weighted by Crippen LogP contribution is -2.33. The highest BCUT2D eigenvalue weighted by atomic mass is 32.2. The second kappa shape index (κ2) is 5.68. The summed E-state index contributed by atoms with van der Waals surface area (Å²) in [6.07, 6.45) is 0. The molecule has 1 rings (SSSR count). The van der Waals surface area contributed by atoms with Crippen LogP contribution in [0.15, 0.2) is 29.2 Å². The van der Waals surface area contributed by atoms with E-state index in [4.69, 9.17) is 4.84 Å². The molecule has 0 aliphatic rings. The Morgan fingerprint density at radius 1 is 1.16 bits per heavy atom. The van der Waals surface area contributed by atoms with Crippen LogP contribution in [-0.2, 0) is 14.9 Å². The summed E-state index contributed by atoms with van der Waals surface area (Å²) in [6.45, 7) is 5.18. The second-order valence-electron chi connectivity index (χ2n) is 4.90. The Morgan fingerprint density at radius 2 is 1.68 bits per heavy atom. The summed E-state index contributed by atoms with van der Waals surface area (Å²) >= 11 is 0. The minimum absolute atomic E-state index is 0.0319. The van der Waals surface area contributed by atoms with Gasteiger partial charge in [0.15, 0.2) is 0 Å². The first-order valence-corrected chi connectivity index (χ1v) is 7.16. The molecule has 0 atom stereocenters. The molecule has 1 aromatic rings. The molecule has 0 aromatic heterocycles. The number of carbonyl (C=O) groups excluding carboxylic acids is 1. The molecule has 0 saturated carbocycles. The van der Waals surface area contributed by atoms with Crippen molar-refractivity contribution in [1.82, 2.24) is 10.2 Å². The summed E-state index contributed by atoms with van der Waals surface area (Å²) in [6, 6.07) is 5.56. The van der Waals surface area contributed by atoms with Crippen LogP contribution in [0.25, 0.3) is 0 Å². The van der Waals surface area contributed by atoms with Crippen molar-refractivity contribution in [2.75, 3.05) is 7.05 Å². The van der Waals surface area contributed by atoms with E-state index >= 15 is 0 Å². The number of benzene rings is 1. The molecule has 0 saturated heterocycles. The highest BCUT2D eigenvalue weighted by Gasteiger charge is 2.19. The van der Waals surface area contributed by atoms with Crippen LogP contribution in [0, 0.1) is 0 Å². The van der Waals surface area contributed by atoms with Crippen LogP contribution in [0.2, 0.25) is 0 Å². The van der Waals surface area contributed by atoms with E-state index in [1.54, 1.807) is 20.8 Å². The third-order valence-corrected chi connectivity index (χ3v) is 3.31. The molecule has 0 fully saturated rings. The zero-order valence-corrected chi connectivity index (χ0v) is 12.2. The number of rotatable bonds is 4. The number of amides is 1. The van der Waals surface area contributed by atoms with Crippen LogP contribution in [-0.4, -0.2) is 27.0 Å². The van der Waals surface area contributed by atoms with Gasteiger partial charge in [0, 0.05) is 12.6 Å². The average Bonchev–Trinajstić information content (AvgIpc) is 2.35. The molecule has 6 nitrogen and oxygen atoms in total. The summed E-state index contributed by atoms with van der Waals surface area (Å²) < 4.78 is 23.8. The largest absolute Gasteiger partial charge is 0.355 e. The van der Waals surface area contributed by atoms with Crippen LogP contribution in [0.4, 0.5) is 0 Å². The van der Waals surface area contributed by atoms with E-state index in [9.17, 15) is 13.2 Å². The predicted octanol–water partition coefficient (Wildman–Crippen LogP) is 1.05. The predicted molar refractivity (Wildman–Crippen MR) is 71.0 cm³/mol. The van der Waals surface area contributed by atoms with Crippen LogP contribution >= 0.6 is 0 Å². The first kappa shape index (κ1) is 15.6. The number of sulfonamides is 1. The van der Waals surface area contributed by atoms with Crippen LogP contribution in [0.5, 0.6) is 0 Å². The van der Waals surface area contributed by atoms with E-state index in [-0.39, 0.29) is 10.8 Å².